The molecule has 0 unspecified atom stereocenters. The monoisotopic (exact) mass is 372 g/mol. The molecular weight excluding hydrogens is 358 g/mol. The van der Waals surface area contributed by atoms with Crippen molar-refractivity contribution in [2.24, 2.45) is 0 Å². The van der Waals surface area contributed by atoms with Crippen LogP contribution in [0.25, 0.3) is 0 Å². The number of fused-ring (bicyclic) bond motifs is 4. The molecule has 4 bridgehead atoms. The Labute approximate surface area is 129 Å². The first-order chi connectivity index (χ1) is 8.90. The van der Waals surface area contributed by atoms with Crippen LogP contribution in [-0.2, 0) is 19.5 Å². The van der Waals surface area contributed by atoms with Gasteiger partial charge in [0.25, 0.3) is 0 Å². The summed E-state index contributed by atoms with van der Waals surface area (Å²) in [6.45, 7) is 0. The van der Waals surface area contributed by atoms with Crippen LogP contribution >= 0.6 is 0 Å². The molecule has 110 valence electrons. The molecule has 0 atom stereocenters. The maximum absolute atomic E-state index is 9.75. The van der Waals surface area contributed by atoms with Gasteiger partial charge in [0.2, 0.25) is 0 Å². The summed E-state index contributed by atoms with van der Waals surface area (Å²) in [7, 11) is -6.00. The second-order valence-corrected chi connectivity index (χ2v) is 4.80. The van der Waals surface area contributed by atoms with E-state index < -0.39 is 7.25 Å². The predicted octanol–water partition coefficient (Wildman–Crippen LogP) is 5.00. The summed E-state index contributed by atoms with van der Waals surface area (Å²) in [5.41, 5.74) is 3.05. The molecule has 0 N–H and O–H groups in total. The van der Waals surface area contributed by atoms with Gasteiger partial charge in [-0.05, 0) is 0 Å². The average molecular weight is 372 g/mol. The predicted molar refractivity (Wildman–Crippen MR) is 69.6 cm³/mol. The van der Waals surface area contributed by atoms with E-state index >= 15 is 0 Å². The van der Waals surface area contributed by atoms with Gasteiger partial charge in [-0.15, -0.1) is 23.3 Å². The Kier molecular flexibility index (Phi) is 6.19. The molecule has 0 aromatic carbocycles. The van der Waals surface area contributed by atoms with E-state index in [9.17, 15) is 17.3 Å². The number of rotatable bonds is 0. The molecule has 20 heavy (non-hydrogen) atoms. The molecule has 4 aliphatic rings. The molecular formula is C14H14BF4Rh. The topological polar surface area (TPSA) is 0 Å². The van der Waals surface area contributed by atoms with Crippen LogP contribution in [0.4, 0.5) is 17.3 Å². The Morgan fingerprint density at radius 2 is 1.15 bits per heavy atom. The van der Waals surface area contributed by atoms with Gasteiger partial charge in [-0.25, -0.2) is 36.1 Å². The maximum Gasteiger partial charge on any atom is 3.00 e. The van der Waals surface area contributed by atoms with Crippen LogP contribution in [0.3, 0.4) is 0 Å². The van der Waals surface area contributed by atoms with Crippen molar-refractivity contribution in [2.75, 3.05) is 0 Å². The molecule has 0 amide bonds. The van der Waals surface area contributed by atoms with E-state index in [1.54, 1.807) is 11.8 Å². The number of allylic oxidation sites excluding steroid dienone is 8. The van der Waals surface area contributed by atoms with Crippen LogP contribution < -0.4 is 0 Å². The van der Waals surface area contributed by atoms with Gasteiger partial charge in [-0.2, -0.15) is 0 Å². The summed E-state index contributed by atoms with van der Waals surface area (Å²) in [5.74, 6) is 3.19. The third-order valence-electron chi connectivity index (χ3n) is 3.18. The first-order valence-corrected chi connectivity index (χ1v) is 6.21. The summed E-state index contributed by atoms with van der Waals surface area (Å²) >= 11 is 0. The molecule has 0 fully saturated rings. The van der Waals surface area contributed by atoms with E-state index in [1.165, 1.54) is 36.8 Å². The van der Waals surface area contributed by atoms with E-state index in [4.69, 9.17) is 0 Å². The second-order valence-electron chi connectivity index (χ2n) is 4.80. The van der Waals surface area contributed by atoms with Gasteiger partial charge >= 0.3 is 26.7 Å². The normalized spacial score (nSPS) is 19.8. The standard InChI is InChI=1S/2C7H7.BF4.Rh/c2*1-2-7-4-3-6(1)5-7;2-1(3,4)5;/h2*1-3H,4-5H2;;/q3*-1;+3. The third-order valence-corrected chi connectivity index (χ3v) is 3.18. The van der Waals surface area contributed by atoms with Crippen molar-refractivity contribution in [3.63, 3.8) is 0 Å². The summed E-state index contributed by atoms with van der Waals surface area (Å²) in [4.78, 5) is 0. The first-order valence-electron chi connectivity index (χ1n) is 6.21. The van der Waals surface area contributed by atoms with Crippen LogP contribution in [-0.4, -0.2) is 7.25 Å². The molecule has 0 spiro atoms. The van der Waals surface area contributed by atoms with E-state index in [0.717, 1.165) is 0 Å². The minimum Gasteiger partial charge on any atom is -0.418 e. The third kappa shape index (κ3) is 6.04. The maximum atomic E-state index is 9.75. The number of halogens is 4. The van der Waals surface area contributed by atoms with Gasteiger partial charge in [0.15, 0.2) is 0 Å². The van der Waals surface area contributed by atoms with Crippen molar-refractivity contribution < 1.29 is 36.7 Å². The Balaban J connectivity index is 0.000000150. The fraction of sp³-hybridized carbons (Fsp3) is 0.286. The van der Waals surface area contributed by atoms with Crippen molar-refractivity contribution in [2.45, 2.75) is 25.7 Å². The van der Waals surface area contributed by atoms with E-state index in [0.29, 0.717) is 0 Å². The zero-order valence-corrected chi connectivity index (χ0v) is 12.4. The molecule has 6 heteroatoms. The quantitative estimate of drug-likeness (QED) is 0.319. The minimum atomic E-state index is -6.00. The Hall–Kier alpha value is -0.892. The fourth-order valence-corrected chi connectivity index (χ4v) is 2.30. The largest absolute Gasteiger partial charge is 3.00 e. The van der Waals surface area contributed by atoms with Crippen molar-refractivity contribution in [1.29, 1.82) is 0 Å². The number of hydrogen-bond donors (Lipinski definition) is 0. The summed E-state index contributed by atoms with van der Waals surface area (Å²) in [6.07, 6.45) is 18.4. The fourth-order valence-electron chi connectivity index (χ4n) is 2.30. The molecule has 4 rings (SSSR count). The van der Waals surface area contributed by atoms with Crippen molar-refractivity contribution in [1.82, 2.24) is 0 Å². The van der Waals surface area contributed by atoms with Gasteiger partial charge in [-0.3, -0.25) is 0 Å². The summed E-state index contributed by atoms with van der Waals surface area (Å²) in [6, 6.07) is 0. The summed E-state index contributed by atoms with van der Waals surface area (Å²) < 4.78 is 39.0. The van der Waals surface area contributed by atoms with Gasteiger partial charge in [-0.1, -0.05) is 25.7 Å². The smallest absolute Gasteiger partial charge is 0.418 e. The first kappa shape index (κ1) is 17.2. The number of hydrogen-bond acceptors (Lipinski definition) is 0. The summed E-state index contributed by atoms with van der Waals surface area (Å²) in [5, 5.41) is 0. The SMILES string of the molecule is C1=C[C-]2CC=C1C2.C1=C[C-]2CC=C1C2.F[B-](F)(F)F.[Rh+3]. The van der Waals surface area contributed by atoms with Gasteiger partial charge in [0.05, 0.1) is 0 Å². The Bertz CT molecular complexity index is 407. The molecule has 0 aromatic heterocycles. The molecule has 0 nitrogen and oxygen atoms in total. The van der Waals surface area contributed by atoms with Gasteiger partial charge in [0.1, 0.15) is 0 Å². The van der Waals surface area contributed by atoms with Crippen LogP contribution in [0, 0.1) is 11.8 Å². The van der Waals surface area contributed by atoms with Crippen LogP contribution in [0.1, 0.15) is 25.7 Å². The van der Waals surface area contributed by atoms with Gasteiger partial charge < -0.3 is 17.3 Å². The van der Waals surface area contributed by atoms with Crippen molar-refractivity contribution in [3.8, 4) is 0 Å². The molecule has 0 aromatic rings. The van der Waals surface area contributed by atoms with Crippen molar-refractivity contribution in [3.05, 3.63) is 59.4 Å². The zero-order chi connectivity index (χ0) is 13.9. The molecule has 0 saturated heterocycles. The molecule has 0 saturated carbocycles. The second kappa shape index (κ2) is 7.21. The van der Waals surface area contributed by atoms with Crippen molar-refractivity contribution >= 4 is 7.25 Å². The minimum absolute atomic E-state index is 0. The van der Waals surface area contributed by atoms with E-state index in [-0.39, 0.29) is 19.5 Å². The van der Waals surface area contributed by atoms with Crippen LogP contribution in [0.15, 0.2) is 47.6 Å². The molecule has 0 heterocycles. The molecule has 0 aliphatic heterocycles. The Morgan fingerprint density at radius 3 is 1.20 bits per heavy atom. The van der Waals surface area contributed by atoms with Crippen LogP contribution in [0.2, 0.25) is 0 Å². The van der Waals surface area contributed by atoms with Gasteiger partial charge in [0, 0.05) is 0 Å². The molecule has 4 aliphatic carbocycles. The molecule has 0 radical (unpaired) electrons. The Morgan fingerprint density at radius 1 is 0.800 bits per heavy atom. The average Bonchev–Trinajstić information content (AvgIpc) is 3.10. The van der Waals surface area contributed by atoms with E-state index in [1.807, 2.05) is 0 Å². The zero-order valence-electron chi connectivity index (χ0n) is 10.7. The van der Waals surface area contributed by atoms with Crippen LogP contribution in [0.5, 0.6) is 0 Å². The van der Waals surface area contributed by atoms with E-state index in [2.05, 4.69) is 36.5 Å².